The molecule has 0 fully saturated rings. The molecule has 0 spiro atoms. The van der Waals surface area contributed by atoms with Crippen LogP contribution >= 0.6 is 0 Å². The summed E-state index contributed by atoms with van der Waals surface area (Å²) in [7, 11) is 0. The topological polar surface area (TPSA) is 221 Å². The van der Waals surface area contributed by atoms with Crippen molar-refractivity contribution in [1.29, 1.82) is 0 Å². The zero-order valence-corrected chi connectivity index (χ0v) is 10.2. The lowest BCUT2D eigenvalue weighted by Crippen LogP contribution is -2.00. The first-order valence-electron chi connectivity index (χ1n) is 5.38. The average molecular weight is 302 g/mol. The number of tetrazole rings is 4. The van der Waals surface area contributed by atoms with E-state index in [4.69, 9.17) is 0 Å². The van der Waals surface area contributed by atoms with Crippen molar-refractivity contribution >= 4 is 11.9 Å². The molecule has 4 rings (SSSR count). The van der Waals surface area contributed by atoms with Gasteiger partial charge in [0, 0.05) is 0 Å². The number of nitrogens with zero attached hydrogens (tertiary/aromatic N) is 16. The van der Waals surface area contributed by atoms with Crippen molar-refractivity contribution in [1.82, 2.24) is 81.7 Å². The summed E-state index contributed by atoms with van der Waals surface area (Å²) in [6.45, 7) is 0. The summed E-state index contributed by atoms with van der Waals surface area (Å²) in [5, 5.41) is 55.3. The molecule has 0 aliphatic heterocycles. The minimum Gasteiger partial charge on any atom is -0.175 e. The molecule has 22 heavy (non-hydrogen) atoms. The number of rotatable bonds is 4. The predicted octanol–water partition coefficient (Wildman–Crippen LogP) is -2.92. The Morgan fingerprint density at radius 1 is 0.682 bits per heavy atom. The van der Waals surface area contributed by atoms with E-state index in [1.807, 2.05) is 0 Å². The smallest absolute Gasteiger partial charge is 0.175 e. The van der Waals surface area contributed by atoms with Crippen LogP contribution < -0.4 is 0 Å². The van der Waals surface area contributed by atoms with E-state index in [-0.39, 0.29) is 23.8 Å². The molecule has 0 amide bonds. The molecule has 0 aliphatic carbocycles. The molecule has 0 saturated heterocycles. The van der Waals surface area contributed by atoms with Crippen molar-refractivity contribution in [3.63, 3.8) is 0 Å². The van der Waals surface area contributed by atoms with E-state index in [1.165, 1.54) is 0 Å². The molecular formula is C4H2N18. The number of hydrogen-bond acceptors (Lipinski definition) is 14. The summed E-state index contributed by atoms with van der Waals surface area (Å²) in [4.78, 5) is 0. The fourth-order valence-corrected chi connectivity index (χ4v) is 1.33. The highest BCUT2D eigenvalue weighted by atomic mass is 15.7. The van der Waals surface area contributed by atoms with Crippen LogP contribution in [0.25, 0.3) is 11.9 Å². The molecule has 0 unspecified atom stereocenters. The Hall–Kier alpha value is -4.12. The Morgan fingerprint density at radius 3 is 1.59 bits per heavy atom. The maximum absolute atomic E-state index is 3.82. The second-order valence-corrected chi connectivity index (χ2v) is 3.40. The standard InChI is InChI=1S/C4H2N18/c5(1-11-17-19-21(1)3-7-13-14-8-3)6-2-12-18-20-22(2)4-9-15-16-10-4/h(H,7,8,13,14)(H,9,10,15,16). The van der Waals surface area contributed by atoms with Gasteiger partial charge < -0.3 is 0 Å². The van der Waals surface area contributed by atoms with Crippen LogP contribution in [0.2, 0.25) is 0 Å². The van der Waals surface area contributed by atoms with Crippen molar-refractivity contribution < 1.29 is 0 Å². The highest BCUT2D eigenvalue weighted by Crippen LogP contribution is 2.14. The number of H-pyrrole nitrogens is 2. The van der Waals surface area contributed by atoms with E-state index in [1.54, 1.807) is 0 Å². The second-order valence-electron chi connectivity index (χ2n) is 3.40. The lowest BCUT2D eigenvalue weighted by Gasteiger charge is -1.92. The third-order valence-electron chi connectivity index (χ3n) is 2.18. The maximum atomic E-state index is 3.82. The fourth-order valence-electron chi connectivity index (χ4n) is 1.33. The summed E-state index contributed by atoms with van der Waals surface area (Å²) < 4.78 is 2.21. The average Bonchev–Trinajstić information content (AvgIpc) is 3.32. The van der Waals surface area contributed by atoms with E-state index in [0.717, 1.165) is 9.36 Å². The Bertz CT molecular complexity index is 799. The minimum atomic E-state index is -0.0101. The molecule has 108 valence electrons. The minimum absolute atomic E-state index is 0.0101. The lowest BCUT2D eigenvalue weighted by atomic mass is 10.9. The van der Waals surface area contributed by atoms with Crippen molar-refractivity contribution in [2.75, 3.05) is 0 Å². The van der Waals surface area contributed by atoms with Crippen LogP contribution in [0.15, 0.2) is 10.2 Å². The molecule has 0 saturated carbocycles. The molecule has 2 N–H and O–H groups in total. The molecule has 0 atom stereocenters. The van der Waals surface area contributed by atoms with Crippen LogP contribution in [0.5, 0.6) is 0 Å². The van der Waals surface area contributed by atoms with Crippen LogP contribution in [0, 0.1) is 0 Å². The van der Waals surface area contributed by atoms with E-state index >= 15 is 0 Å². The Morgan fingerprint density at radius 2 is 1.18 bits per heavy atom. The summed E-state index contributed by atoms with van der Waals surface area (Å²) in [5.41, 5.74) is 0. The summed E-state index contributed by atoms with van der Waals surface area (Å²) >= 11 is 0. The van der Waals surface area contributed by atoms with Gasteiger partial charge in [0.25, 0.3) is 23.8 Å². The number of hydrogen-bond donors (Lipinski definition) is 2. The van der Waals surface area contributed by atoms with Crippen LogP contribution in [0.1, 0.15) is 0 Å². The number of aromatic amines is 2. The maximum Gasteiger partial charge on any atom is 0.295 e. The molecule has 0 radical (unpaired) electrons. The van der Waals surface area contributed by atoms with Gasteiger partial charge in [0.15, 0.2) is 0 Å². The third-order valence-corrected chi connectivity index (χ3v) is 2.18. The highest BCUT2D eigenvalue weighted by Gasteiger charge is 2.14. The van der Waals surface area contributed by atoms with Crippen molar-refractivity contribution in [3.8, 4) is 11.9 Å². The van der Waals surface area contributed by atoms with E-state index in [2.05, 4.69) is 82.5 Å². The van der Waals surface area contributed by atoms with Gasteiger partial charge in [-0.3, -0.25) is 0 Å². The number of aromatic nitrogens is 16. The quantitative estimate of drug-likeness (QED) is 0.361. The molecular weight excluding hydrogens is 300 g/mol. The summed E-state index contributed by atoms with van der Waals surface area (Å²) in [6.07, 6.45) is 0. The van der Waals surface area contributed by atoms with Gasteiger partial charge in [-0.1, -0.05) is 20.4 Å². The van der Waals surface area contributed by atoms with Crippen LogP contribution in [-0.2, 0) is 0 Å². The van der Waals surface area contributed by atoms with Gasteiger partial charge in [0.2, 0.25) is 0 Å². The Balaban J connectivity index is 1.67. The van der Waals surface area contributed by atoms with Gasteiger partial charge in [-0.25, -0.2) is 0 Å². The Kier molecular flexibility index (Phi) is 2.53. The van der Waals surface area contributed by atoms with Crippen molar-refractivity contribution in [2.24, 2.45) is 10.2 Å². The van der Waals surface area contributed by atoms with Gasteiger partial charge in [-0.05, 0) is 31.3 Å². The molecule has 4 aromatic heterocycles. The Labute approximate surface area is 117 Å². The van der Waals surface area contributed by atoms with Crippen LogP contribution in [0.4, 0.5) is 11.9 Å². The number of azo groups is 1. The first-order chi connectivity index (χ1) is 10.9. The van der Waals surface area contributed by atoms with Gasteiger partial charge in [-0.2, -0.15) is 10.4 Å². The molecule has 0 bridgehead atoms. The van der Waals surface area contributed by atoms with Gasteiger partial charge in [0.05, 0.1) is 0 Å². The number of nitrogens with one attached hydrogen (secondary N) is 2. The summed E-state index contributed by atoms with van der Waals surface area (Å²) in [6, 6.07) is 0. The van der Waals surface area contributed by atoms with Crippen molar-refractivity contribution in [2.45, 2.75) is 0 Å². The van der Waals surface area contributed by atoms with Crippen molar-refractivity contribution in [3.05, 3.63) is 0 Å². The molecule has 0 aromatic carbocycles. The monoisotopic (exact) mass is 302 g/mol. The normalized spacial score (nSPS) is 11.5. The fraction of sp³-hybridized carbons (Fsp3) is 0. The molecule has 18 nitrogen and oxygen atoms in total. The van der Waals surface area contributed by atoms with Crippen LogP contribution in [-0.4, -0.2) is 81.7 Å². The molecule has 18 heteroatoms. The van der Waals surface area contributed by atoms with Gasteiger partial charge in [0.1, 0.15) is 0 Å². The van der Waals surface area contributed by atoms with E-state index in [0.29, 0.717) is 0 Å². The molecule has 0 aliphatic rings. The summed E-state index contributed by atoms with van der Waals surface area (Å²) in [5.74, 6) is 0.168. The van der Waals surface area contributed by atoms with E-state index < -0.39 is 0 Å². The van der Waals surface area contributed by atoms with Gasteiger partial charge >= 0.3 is 0 Å². The first-order valence-corrected chi connectivity index (χ1v) is 5.38. The zero-order valence-electron chi connectivity index (χ0n) is 10.2. The largest absolute Gasteiger partial charge is 0.295 e. The van der Waals surface area contributed by atoms with E-state index in [9.17, 15) is 0 Å². The first kappa shape index (κ1) is 11.7. The van der Waals surface area contributed by atoms with Gasteiger partial charge in [-0.15, -0.1) is 29.8 Å². The highest BCUT2D eigenvalue weighted by molar-refractivity contribution is 5.24. The third kappa shape index (κ3) is 1.91. The zero-order chi connectivity index (χ0) is 14.8. The SMILES string of the molecule is N(=Nc1nnnn1-c1nn[nH]n1)c1nnnn1-c1nn[nH]n1. The second kappa shape index (κ2) is 4.77. The predicted molar refractivity (Wildman–Crippen MR) is 58.0 cm³/mol. The lowest BCUT2D eigenvalue weighted by molar-refractivity contribution is 0.742. The molecule has 4 heterocycles. The molecule has 4 aromatic rings. The van der Waals surface area contributed by atoms with Crippen LogP contribution in [0.3, 0.4) is 0 Å².